The largest absolute Gasteiger partial charge is 0.513 e. The molecule has 0 heterocycles. The molecule has 0 saturated carbocycles. The fraction of sp³-hybridized carbons (Fsp3) is 0.500. The molecule has 0 radical (unpaired) electrons. The van der Waals surface area contributed by atoms with Crippen molar-refractivity contribution >= 4 is 6.08 Å². The summed E-state index contributed by atoms with van der Waals surface area (Å²) >= 11 is 0. The summed E-state index contributed by atoms with van der Waals surface area (Å²) in [7, 11) is 0. The minimum absolute atomic E-state index is 0.287. The number of benzene rings is 1. The zero-order valence-electron chi connectivity index (χ0n) is 11.9. The van der Waals surface area contributed by atoms with E-state index in [2.05, 4.69) is 46.8 Å². The molecule has 0 saturated heterocycles. The van der Waals surface area contributed by atoms with Crippen LogP contribution in [0, 0.1) is 19.3 Å². The second-order valence-corrected chi connectivity index (χ2v) is 6.16. The molecule has 1 rings (SSSR count). The van der Waals surface area contributed by atoms with Gasteiger partial charge in [-0.25, -0.2) is 0 Å². The number of allylic oxidation sites excluding steroid dienone is 1. The molecule has 1 aromatic rings. The lowest BCUT2D eigenvalue weighted by atomic mass is 9.85. The zero-order valence-corrected chi connectivity index (χ0v) is 11.9. The van der Waals surface area contributed by atoms with E-state index in [4.69, 9.17) is 0 Å². The molecule has 0 spiro atoms. The van der Waals surface area contributed by atoms with Crippen molar-refractivity contribution in [3.8, 4) is 0 Å². The Balaban J connectivity index is 3.19. The summed E-state index contributed by atoms with van der Waals surface area (Å²) in [4.78, 5) is 0. The molecule has 0 aliphatic rings. The molecule has 94 valence electrons. The van der Waals surface area contributed by atoms with Gasteiger partial charge in [0.1, 0.15) is 0 Å². The highest BCUT2D eigenvalue weighted by Crippen LogP contribution is 2.26. The van der Waals surface area contributed by atoms with Gasteiger partial charge in [-0.15, -0.1) is 0 Å². The predicted octanol–water partition coefficient (Wildman–Crippen LogP) is 4.81. The van der Waals surface area contributed by atoms with Crippen molar-refractivity contribution < 1.29 is 5.11 Å². The third kappa shape index (κ3) is 4.26. The van der Waals surface area contributed by atoms with Gasteiger partial charge >= 0.3 is 0 Å². The number of aliphatic hydroxyl groups is 1. The van der Waals surface area contributed by atoms with E-state index in [-0.39, 0.29) is 5.41 Å². The van der Waals surface area contributed by atoms with Gasteiger partial charge in [-0.2, -0.15) is 0 Å². The second-order valence-electron chi connectivity index (χ2n) is 6.16. The van der Waals surface area contributed by atoms with Crippen LogP contribution in [0.5, 0.6) is 0 Å². The first-order valence-corrected chi connectivity index (χ1v) is 6.16. The highest BCUT2D eigenvalue weighted by molar-refractivity contribution is 5.57. The van der Waals surface area contributed by atoms with Gasteiger partial charge in [0.2, 0.25) is 0 Å². The van der Waals surface area contributed by atoms with Crippen molar-refractivity contribution in [2.24, 2.45) is 5.41 Å². The van der Waals surface area contributed by atoms with Crippen LogP contribution in [0.4, 0.5) is 0 Å². The Kier molecular flexibility index (Phi) is 4.03. The van der Waals surface area contributed by atoms with E-state index in [0.717, 1.165) is 12.0 Å². The van der Waals surface area contributed by atoms with Gasteiger partial charge in [0, 0.05) is 0 Å². The first-order valence-electron chi connectivity index (χ1n) is 6.16. The summed E-state index contributed by atoms with van der Waals surface area (Å²) in [5, 5.41) is 9.38. The average Bonchev–Trinajstić information content (AvgIpc) is 2.10. The van der Waals surface area contributed by atoms with Crippen LogP contribution in [0.2, 0.25) is 0 Å². The van der Waals surface area contributed by atoms with Gasteiger partial charge in [-0.1, -0.05) is 32.9 Å². The normalized spacial score (nSPS) is 12.9. The van der Waals surface area contributed by atoms with E-state index < -0.39 is 0 Å². The van der Waals surface area contributed by atoms with E-state index >= 15 is 0 Å². The minimum Gasteiger partial charge on any atom is -0.513 e. The zero-order chi connectivity index (χ0) is 13.2. The third-order valence-electron chi connectivity index (χ3n) is 2.81. The van der Waals surface area contributed by atoms with Gasteiger partial charge in [0.05, 0.1) is 5.76 Å². The van der Waals surface area contributed by atoms with Crippen LogP contribution in [0.15, 0.2) is 17.9 Å². The van der Waals surface area contributed by atoms with E-state index in [0.29, 0.717) is 5.76 Å². The standard InChI is InChI=1S/C16H24O/c1-11-7-12(2)15(10-16(4,5)6)9-14(11)8-13(3)17/h7-9,17H,10H2,1-6H3/b13-8+. The Morgan fingerprint density at radius 3 is 2.24 bits per heavy atom. The van der Waals surface area contributed by atoms with Crippen LogP contribution in [0.1, 0.15) is 49.9 Å². The molecule has 1 nitrogen and oxygen atoms in total. The lowest BCUT2D eigenvalue weighted by Crippen LogP contribution is -2.10. The molecule has 0 amide bonds. The summed E-state index contributed by atoms with van der Waals surface area (Å²) in [6.45, 7) is 12.7. The van der Waals surface area contributed by atoms with E-state index in [1.165, 1.54) is 16.7 Å². The maximum atomic E-state index is 9.38. The molecular weight excluding hydrogens is 208 g/mol. The summed E-state index contributed by atoms with van der Waals surface area (Å²) < 4.78 is 0. The number of aryl methyl sites for hydroxylation is 2. The Bertz CT molecular complexity index is 430. The molecule has 0 unspecified atom stereocenters. The Labute approximate surface area is 105 Å². The highest BCUT2D eigenvalue weighted by Gasteiger charge is 2.13. The first-order chi connectivity index (χ1) is 7.69. The van der Waals surface area contributed by atoms with Crippen molar-refractivity contribution in [3.63, 3.8) is 0 Å². The van der Waals surface area contributed by atoms with Crippen molar-refractivity contribution in [2.45, 2.75) is 48.0 Å². The molecule has 1 N–H and O–H groups in total. The first kappa shape index (κ1) is 13.8. The van der Waals surface area contributed by atoms with Gasteiger partial charge in [-0.05, 0) is 60.9 Å². The van der Waals surface area contributed by atoms with Crippen LogP contribution >= 0.6 is 0 Å². The van der Waals surface area contributed by atoms with Crippen LogP contribution in [0.3, 0.4) is 0 Å². The lowest BCUT2D eigenvalue weighted by molar-refractivity contribution is 0.410. The van der Waals surface area contributed by atoms with Gasteiger partial charge in [-0.3, -0.25) is 0 Å². The van der Waals surface area contributed by atoms with Gasteiger partial charge < -0.3 is 5.11 Å². The molecule has 0 bridgehead atoms. The van der Waals surface area contributed by atoms with Gasteiger partial charge in [0.15, 0.2) is 0 Å². The molecule has 1 aromatic carbocycles. The molecule has 0 fully saturated rings. The second kappa shape index (κ2) is 4.95. The molecule has 1 heteroatoms. The van der Waals surface area contributed by atoms with Crippen molar-refractivity contribution in [1.29, 1.82) is 0 Å². The van der Waals surface area contributed by atoms with Crippen LogP contribution in [-0.4, -0.2) is 5.11 Å². The van der Waals surface area contributed by atoms with Crippen molar-refractivity contribution in [2.75, 3.05) is 0 Å². The average molecular weight is 232 g/mol. The van der Waals surface area contributed by atoms with Crippen LogP contribution in [0.25, 0.3) is 6.08 Å². The summed E-state index contributed by atoms with van der Waals surface area (Å²) in [6, 6.07) is 4.41. The van der Waals surface area contributed by atoms with Crippen LogP contribution < -0.4 is 0 Å². The minimum atomic E-state index is 0.287. The number of hydrogen-bond donors (Lipinski definition) is 1. The number of aliphatic hydroxyl groups excluding tert-OH is 1. The van der Waals surface area contributed by atoms with E-state index in [1.54, 1.807) is 6.92 Å². The maximum Gasteiger partial charge on any atom is 0.0897 e. The molecule has 0 aliphatic carbocycles. The fourth-order valence-electron chi connectivity index (χ4n) is 2.06. The van der Waals surface area contributed by atoms with Crippen molar-refractivity contribution in [3.05, 3.63) is 40.1 Å². The van der Waals surface area contributed by atoms with E-state index in [1.807, 2.05) is 6.08 Å². The Morgan fingerprint density at radius 1 is 1.18 bits per heavy atom. The van der Waals surface area contributed by atoms with Crippen LogP contribution in [-0.2, 0) is 6.42 Å². The predicted molar refractivity (Wildman–Crippen MR) is 75.4 cm³/mol. The van der Waals surface area contributed by atoms with Gasteiger partial charge in [0.25, 0.3) is 0 Å². The molecular formula is C16H24O. The quantitative estimate of drug-likeness (QED) is 0.725. The summed E-state index contributed by atoms with van der Waals surface area (Å²) in [5.74, 6) is 0.360. The SMILES string of the molecule is C/C(O)=C\c1cc(CC(C)(C)C)c(C)cc1C. The van der Waals surface area contributed by atoms with Crippen molar-refractivity contribution in [1.82, 2.24) is 0 Å². The fourth-order valence-corrected chi connectivity index (χ4v) is 2.06. The smallest absolute Gasteiger partial charge is 0.0897 e. The lowest BCUT2D eigenvalue weighted by Gasteiger charge is -2.20. The molecule has 0 aromatic heterocycles. The van der Waals surface area contributed by atoms with E-state index in [9.17, 15) is 5.11 Å². The molecule has 0 aliphatic heterocycles. The third-order valence-corrected chi connectivity index (χ3v) is 2.81. The Hall–Kier alpha value is -1.24. The maximum absolute atomic E-state index is 9.38. The Morgan fingerprint density at radius 2 is 1.76 bits per heavy atom. The highest BCUT2D eigenvalue weighted by atomic mass is 16.3. The number of hydrogen-bond acceptors (Lipinski definition) is 1. The monoisotopic (exact) mass is 232 g/mol. The molecule has 0 atom stereocenters. The topological polar surface area (TPSA) is 20.2 Å². The summed E-state index contributed by atoms with van der Waals surface area (Å²) in [6.07, 6.45) is 2.89. The summed E-state index contributed by atoms with van der Waals surface area (Å²) in [5.41, 5.74) is 5.33. The number of rotatable bonds is 2. The molecule has 17 heavy (non-hydrogen) atoms.